The molecular formula is C19H19ClN4OS. The van der Waals surface area contributed by atoms with Crippen LogP contribution in [0.5, 0.6) is 0 Å². The van der Waals surface area contributed by atoms with Crippen LogP contribution in [0.25, 0.3) is 0 Å². The van der Waals surface area contributed by atoms with Gasteiger partial charge in [0.05, 0.1) is 0 Å². The van der Waals surface area contributed by atoms with Crippen molar-refractivity contribution in [3.05, 3.63) is 70.5 Å². The maximum absolute atomic E-state index is 13.0. The molecule has 0 bridgehead atoms. The van der Waals surface area contributed by atoms with E-state index in [9.17, 15) is 4.79 Å². The molecule has 1 amide bonds. The minimum atomic E-state index is -0.460. The number of nitrogens with zero attached hydrogens (tertiary/aromatic N) is 3. The molecule has 5 nitrogen and oxygen atoms in total. The number of benzene rings is 2. The first-order valence-corrected chi connectivity index (χ1v) is 9.36. The molecule has 3 rings (SSSR count). The van der Waals surface area contributed by atoms with Crippen molar-refractivity contribution in [2.45, 2.75) is 24.3 Å². The van der Waals surface area contributed by atoms with E-state index in [1.807, 2.05) is 67.9 Å². The van der Waals surface area contributed by atoms with Gasteiger partial charge >= 0.3 is 0 Å². The van der Waals surface area contributed by atoms with Gasteiger partial charge in [0.25, 0.3) is 0 Å². The van der Waals surface area contributed by atoms with Crippen molar-refractivity contribution < 1.29 is 4.79 Å². The molecule has 0 unspecified atom stereocenters. The van der Waals surface area contributed by atoms with Gasteiger partial charge in [0.15, 0.2) is 5.16 Å². The average Bonchev–Trinajstić information content (AvgIpc) is 2.95. The highest BCUT2D eigenvalue weighted by Crippen LogP contribution is 2.35. The molecule has 0 aliphatic carbocycles. The minimum absolute atomic E-state index is 0.137. The van der Waals surface area contributed by atoms with Gasteiger partial charge in [0, 0.05) is 17.8 Å². The number of aromatic nitrogens is 3. The number of aryl methyl sites for hydroxylation is 2. The first-order chi connectivity index (χ1) is 12.5. The smallest absolute Gasteiger partial charge is 0.242 e. The number of carbonyl (C=O) groups is 1. The van der Waals surface area contributed by atoms with E-state index in [4.69, 9.17) is 11.6 Å². The van der Waals surface area contributed by atoms with Gasteiger partial charge in [0.1, 0.15) is 11.1 Å². The van der Waals surface area contributed by atoms with Crippen LogP contribution in [-0.2, 0) is 11.8 Å². The molecule has 1 aromatic heterocycles. The number of thioether (sulfide) groups is 1. The molecule has 0 fully saturated rings. The van der Waals surface area contributed by atoms with Crippen LogP contribution in [0.2, 0.25) is 5.02 Å². The lowest BCUT2D eigenvalue weighted by Crippen LogP contribution is -2.19. The van der Waals surface area contributed by atoms with E-state index in [1.54, 1.807) is 6.07 Å². The molecule has 1 heterocycles. The van der Waals surface area contributed by atoms with Gasteiger partial charge in [-0.05, 0) is 37.1 Å². The second kappa shape index (κ2) is 7.93. The van der Waals surface area contributed by atoms with Crippen LogP contribution in [0, 0.1) is 13.8 Å². The summed E-state index contributed by atoms with van der Waals surface area (Å²) in [4.78, 5) is 13.0. The molecule has 3 aromatic rings. The third-order valence-electron chi connectivity index (χ3n) is 4.06. The number of carbonyl (C=O) groups excluding carboxylic acids is 1. The summed E-state index contributed by atoms with van der Waals surface area (Å²) >= 11 is 7.54. The molecular weight excluding hydrogens is 368 g/mol. The Labute approximate surface area is 161 Å². The molecule has 0 saturated carbocycles. The Hall–Kier alpha value is -2.31. The van der Waals surface area contributed by atoms with Crippen molar-refractivity contribution in [3.8, 4) is 0 Å². The Kier molecular flexibility index (Phi) is 5.64. The van der Waals surface area contributed by atoms with Crippen LogP contribution in [0.1, 0.15) is 22.2 Å². The largest absolute Gasteiger partial charge is 0.325 e. The van der Waals surface area contributed by atoms with E-state index in [0.717, 1.165) is 17.0 Å². The van der Waals surface area contributed by atoms with E-state index in [-0.39, 0.29) is 5.91 Å². The summed E-state index contributed by atoms with van der Waals surface area (Å²) in [5.41, 5.74) is 2.53. The third-order valence-corrected chi connectivity index (χ3v) is 5.75. The van der Waals surface area contributed by atoms with E-state index >= 15 is 0 Å². The molecule has 0 saturated heterocycles. The topological polar surface area (TPSA) is 59.8 Å². The average molecular weight is 387 g/mol. The van der Waals surface area contributed by atoms with Crippen LogP contribution < -0.4 is 5.32 Å². The Bertz CT molecular complexity index is 927. The highest BCUT2D eigenvalue weighted by atomic mass is 35.5. The summed E-state index contributed by atoms with van der Waals surface area (Å²) in [5, 5.41) is 12.0. The molecule has 26 heavy (non-hydrogen) atoms. The summed E-state index contributed by atoms with van der Waals surface area (Å²) in [6, 6.07) is 15.1. The monoisotopic (exact) mass is 386 g/mol. The predicted molar refractivity (Wildman–Crippen MR) is 106 cm³/mol. The van der Waals surface area contributed by atoms with Gasteiger partial charge in [-0.3, -0.25) is 4.79 Å². The fourth-order valence-electron chi connectivity index (χ4n) is 2.37. The number of anilines is 1. The number of amides is 1. The minimum Gasteiger partial charge on any atom is -0.325 e. The van der Waals surface area contributed by atoms with Crippen LogP contribution in [0.3, 0.4) is 0 Å². The third kappa shape index (κ3) is 4.08. The zero-order valence-corrected chi connectivity index (χ0v) is 16.3. The van der Waals surface area contributed by atoms with Crippen molar-refractivity contribution in [1.82, 2.24) is 14.8 Å². The van der Waals surface area contributed by atoms with Crippen LogP contribution >= 0.6 is 23.4 Å². The first-order valence-electron chi connectivity index (χ1n) is 8.10. The standard InChI is InChI=1S/C19H19ClN4OS/c1-12-9-10-15(11-16(12)20)21-18(25)17(14-7-5-4-6-8-14)26-19-23-22-13(2)24(19)3/h4-11,17H,1-3H3,(H,21,25)/t17-/m0/s1. The summed E-state index contributed by atoms with van der Waals surface area (Å²) in [5.74, 6) is 0.659. The van der Waals surface area contributed by atoms with Crippen molar-refractivity contribution in [3.63, 3.8) is 0 Å². The number of nitrogens with one attached hydrogen (secondary N) is 1. The summed E-state index contributed by atoms with van der Waals surface area (Å²) in [6.45, 7) is 3.80. The summed E-state index contributed by atoms with van der Waals surface area (Å²) in [6.07, 6.45) is 0. The fourth-order valence-corrected chi connectivity index (χ4v) is 3.60. The quantitative estimate of drug-likeness (QED) is 0.653. The zero-order chi connectivity index (χ0) is 18.7. The predicted octanol–water partition coefficient (Wildman–Crippen LogP) is 4.56. The van der Waals surface area contributed by atoms with Crippen molar-refractivity contribution in [2.24, 2.45) is 7.05 Å². The lowest BCUT2D eigenvalue weighted by molar-refractivity contribution is -0.115. The van der Waals surface area contributed by atoms with Gasteiger partial charge in [-0.2, -0.15) is 0 Å². The molecule has 0 aliphatic heterocycles. The van der Waals surface area contributed by atoms with Crippen LogP contribution in [0.4, 0.5) is 5.69 Å². The maximum Gasteiger partial charge on any atom is 0.242 e. The van der Waals surface area contributed by atoms with Gasteiger partial charge in [0.2, 0.25) is 5.91 Å². The van der Waals surface area contributed by atoms with E-state index in [2.05, 4.69) is 15.5 Å². The number of rotatable bonds is 5. The van der Waals surface area contributed by atoms with E-state index in [1.165, 1.54) is 11.8 Å². The zero-order valence-electron chi connectivity index (χ0n) is 14.7. The van der Waals surface area contributed by atoms with Crippen LogP contribution in [-0.4, -0.2) is 20.7 Å². The number of hydrogen-bond donors (Lipinski definition) is 1. The highest BCUT2D eigenvalue weighted by molar-refractivity contribution is 8.00. The molecule has 134 valence electrons. The van der Waals surface area contributed by atoms with E-state index < -0.39 is 5.25 Å². The molecule has 1 N–H and O–H groups in total. The maximum atomic E-state index is 13.0. The van der Waals surface area contributed by atoms with Crippen molar-refractivity contribution in [1.29, 1.82) is 0 Å². The normalized spacial score (nSPS) is 12.0. The lowest BCUT2D eigenvalue weighted by Gasteiger charge is -2.17. The number of hydrogen-bond acceptors (Lipinski definition) is 4. The van der Waals surface area contributed by atoms with E-state index in [0.29, 0.717) is 15.9 Å². The first kappa shape index (κ1) is 18.5. The SMILES string of the molecule is Cc1ccc(NC(=O)[C@@H](Sc2nnc(C)n2C)c2ccccc2)cc1Cl. The Balaban J connectivity index is 1.88. The molecule has 0 radical (unpaired) electrons. The molecule has 0 spiro atoms. The van der Waals surface area contributed by atoms with Gasteiger partial charge in [-0.15, -0.1) is 10.2 Å². The second-order valence-corrected chi connectivity index (χ2v) is 7.43. The van der Waals surface area contributed by atoms with Crippen molar-refractivity contribution >= 4 is 35.0 Å². The number of halogens is 1. The van der Waals surface area contributed by atoms with Gasteiger partial charge in [-0.25, -0.2) is 0 Å². The fraction of sp³-hybridized carbons (Fsp3) is 0.211. The van der Waals surface area contributed by atoms with Gasteiger partial charge in [-0.1, -0.05) is 59.8 Å². The Morgan fingerprint density at radius 3 is 2.50 bits per heavy atom. The summed E-state index contributed by atoms with van der Waals surface area (Å²) in [7, 11) is 1.89. The summed E-state index contributed by atoms with van der Waals surface area (Å²) < 4.78 is 1.87. The molecule has 7 heteroatoms. The molecule has 2 aromatic carbocycles. The van der Waals surface area contributed by atoms with Crippen molar-refractivity contribution in [2.75, 3.05) is 5.32 Å². The second-order valence-electron chi connectivity index (χ2n) is 5.95. The van der Waals surface area contributed by atoms with Gasteiger partial charge < -0.3 is 9.88 Å². The van der Waals surface area contributed by atoms with Crippen LogP contribution in [0.15, 0.2) is 53.7 Å². The Morgan fingerprint density at radius 1 is 1.15 bits per heavy atom. The lowest BCUT2D eigenvalue weighted by atomic mass is 10.1. The molecule has 0 aliphatic rings. The Morgan fingerprint density at radius 2 is 1.88 bits per heavy atom. The highest BCUT2D eigenvalue weighted by Gasteiger charge is 2.24. The molecule has 1 atom stereocenters.